The maximum Gasteiger partial charge on any atom is 0.254 e. The zero-order valence-electron chi connectivity index (χ0n) is 18.3. The van der Waals surface area contributed by atoms with Crippen molar-refractivity contribution < 1.29 is 13.2 Å². The third kappa shape index (κ3) is 4.23. The Morgan fingerprint density at radius 1 is 1.10 bits per heavy atom. The number of aromatic nitrogens is 4. The van der Waals surface area contributed by atoms with Crippen molar-refractivity contribution in [2.45, 2.75) is 75.8 Å². The molecule has 2 aliphatic rings. The average molecular weight is 447 g/mol. The molecule has 4 rings (SSSR count). The molecule has 168 valence electrons. The predicted octanol–water partition coefficient (Wildman–Crippen LogP) is 2.42. The second-order valence-electron chi connectivity index (χ2n) is 8.52. The first-order chi connectivity index (χ1) is 14.8. The lowest BCUT2D eigenvalue weighted by molar-refractivity contribution is 0.0924. The Kier molecular flexibility index (Phi) is 6.11. The largest absolute Gasteiger partial charge is 0.349 e. The highest BCUT2D eigenvalue weighted by molar-refractivity contribution is 7.89. The zero-order chi connectivity index (χ0) is 22.2. The lowest BCUT2D eigenvalue weighted by Crippen LogP contribution is -2.38. The standard InChI is InChI=1S/C21H30N6O3S/c1-14-19(13-23-26(14)3)31(29,30)27-11-7-10-18(27)20-17(12-22-15(2)24-20)21(28)25-16-8-5-4-6-9-16/h12-13,16,18H,4-11H2,1-3H3,(H,25,28)/t18-/m0/s1. The molecule has 1 aliphatic heterocycles. The summed E-state index contributed by atoms with van der Waals surface area (Å²) in [5.74, 6) is 0.301. The van der Waals surface area contributed by atoms with Gasteiger partial charge in [0.25, 0.3) is 5.91 Å². The van der Waals surface area contributed by atoms with Gasteiger partial charge in [0.1, 0.15) is 10.7 Å². The summed E-state index contributed by atoms with van der Waals surface area (Å²) in [6.07, 6.45) is 9.61. The molecule has 3 heterocycles. The van der Waals surface area contributed by atoms with Crippen LogP contribution in [0.15, 0.2) is 17.3 Å². The lowest BCUT2D eigenvalue weighted by Gasteiger charge is -2.26. The van der Waals surface area contributed by atoms with Gasteiger partial charge in [-0.15, -0.1) is 0 Å². The van der Waals surface area contributed by atoms with E-state index >= 15 is 0 Å². The minimum atomic E-state index is -3.77. The van der Waals surface area contributed by atoms with Crippen molar-refractivity contribution in [1.82, 2.24) is 29.4 Å². The van der Waals surface area contributed by atoms with Crippen LogP contribution in [0.1, 0.15) is 78.6 Å². The van der Waals surface area contributed by atoms with Crippen molar-refractivity contribution in [3.63, 3.8) is 0 Å². The van der Waals surface area contributed by atoms with Crippen molar-refractivity contribution in [3.05, 3.63) is 35.2 Å². The van der Waals surface area contributed by atoms with Gasteiger partial charge in [-0.1, -0.05) is 19.3 Å². The SMILES string of the molecule is Cc1ncc(C(=O)NC2CCCCC2)c([C@@H]2CCCN2S(=O)(=O)c2cnn(C)c2C)n1. The highest BCUT2D eigenvalue weighted by Crippen LogP contribution is 2.37. The number of aryl methyl sites for hydroxylation is 2. The van der Waals surface area contributed by atoms with E-state index in [1.165, 1.54) is 23.1 Å². The van der Waals surface area contributed by atoms with Crippen LogP contribution >= 0.6 is 0 Å². The van der Waals surface area contributed by atoms with E-state index in [1.807, 2.05) is 0 Å². The molecule has 1 atom stereocenters. The van der Waals surface area contributed by atoms with Crippen LogP contribution in [-0.2, 0) is 17.1 Å². The van der Waals surface area contributed by atoms with Crippen molar-refractivity contribution in [2.24, 2.45) is 7.05 Å². The summed E-state index contributed by atoms with van der Waals surface area (Å²) in [4.78, 5) is 22.1. The number of rotatable bonds is 5. The number of carbonyl (C=O) groups excluding carboxylic acids is 1. The first-order valence-corrected chi connectivity index (χ1v) is 12.4. The molecule has 0 aromatic carbocycles. The Morgan fingerprint density at radius 2 is 1.84 bits per heavy atom. The molecule has 0 bridgehead atoms. The van der Waals surface area contributed by atoms with Crippen molar-refractivity contribution >= 4 is 15.9 Å². The molecule has 10 heteroatoms. The topological polar surface area (TPSA) is 110 Å². The number of sulfonamides is 1. The summed E-state index contributed by atoms with van der Waals surface area (Å²) < 4.78 is 29.9. The minimum Gasteiger partial charge on any atom is -0.349 e. The molecule has 9 nitrogen and oxygen atoms in total. The first kappa shape index (κ1) is 21.9. The van der Waals surface area contributed by atoms with Gasteiger partial charge >= 0.3 is 0 Å². The highest BCUT2D eigenvalue weighted by atomic mass is 32.2. The van der Waals surface area contributed by atoms with Gasteiger partial charge in [-0.3, -0.25) is 9.48 Å². The Balaban J connectivity index is 1.67. The summed E-state index contributed by atoms with van der Waals surface area (Å²) in [6, 6.07) is -0.352. The minimum absolute atomic E-state index is 0.150. The van der Waals surface area contributed by atoms with Crippen LogP contribution in [0.3, 0.4) is 0 Å². The molecule has 1 saturated heterocycles. The van der Waals surface area contributed by atoms with Crippen molar-refractivity contribution in [1.29, 1.82) is 0 Å². The van der Waals surface area contributed by atoms with Crippen LogP contribution < -0.4 is 5.32 Å². The Labute approximate surface area is 183 Å². The average Bonchev–Trinajstić information content (AvgIpc) is 3.37. The van der Waals surface area contributed by atoms with E-state index < -0.39 is 16.1 Å². The molecule has 0 spiro atoms. The normalized spacial score (nSPS) is 20.8. The first-order valence-electron chi connectivity index (χ1n) is 10.9. The van der Waals surface area contributed by atoms with Crippen LogP contribution in [0.4, 0.5) is 0 Å². The van der Waals surface area contributed by atoms with Gasteiger partial charge in [0.15, 0.2) is 0 Å². The fraction of sp³-hybridized carbons (Fsp3) is 0.619. The van der Waals surface area contributed by atoms with E-state index in [1.54, 1.807) is 25.6 Å². The van der Waals surface area contributed by atoms with Crippen LogP contribution in [0.5, 0.6) is 0 Å². The quantitative estimate of drug-likeness (QED) is 0.755. The summed E-state index contributed by atoms with van der Waals surface area (Å²) in [6.45, 7) is 3.88. The van der Waals surface area contributed by atoms with Crippen molar-refractivity contribution in [3.8, 4) is 0 Å². The molecule has 1 amide bonds. The summed E-state index contributed by atoms with van der Waals surface area (Å²) in [5, 5.41) is 7.21. The molecule has 2 fully saturated rings. The van der Waals surface area contributed by atoms with Gasteiger partial charge in [0, 0.05) is 25.8 Å². The Hall–Kier alpha value is -2.33. The number of nitrogens with zero attached hydrogens (tertiary/aromatic N) is 5. The third-order valence-corrected chi connectivity index (χ3v) is 8.43. The van der Waals surface area contributed by atoms with Gasteiger partial charge in [-0.05, 0) is 39.5 Å². The Bertz CT molecular complexity index is 1070. The fourth-order valence-electron chi connectivity index (χ4n) is 4.59. The van der Waals surface area contributed by atoms with Gasteiger partial charge in [-0.25, -0.2) is 18.4 Å². The van der Waals surface area contributed by atoms with E-state index in [4.69, 9.17) is 0 Å². The number of hydrogen-bond donors (Lipinski definition) is 1. The van der Waals surface area contributed by atoms with E-state index in [2.05, 4.69) is 20.4 Å². The molecule has 0 unspecified atom stereocenters. The van der Waals surface area contributed by atoms with Gasteiger partial charge in [-0.2, -0.15) is 9.40 Å². The molecule has 1 saturated carbocycles. The molecule has 31 heavy (non-hydrogen) atoms. The number of carbonyl (C=O) groups is 1. The molecular weight excluding hydrogens is 416 g/mol. The lowest BCUT2D eigenvalue weighted by atomic mass is 9.95. The maximum atomic E-state index is 13.5. The summed E-state index contributed by atoms with van der Waals surface area (Å²) in [7, 11) is -2.05. The van der Waals surface area contributed by atoms with E-state index in [0.717, 1.165) is 25.7 Å². The molecular formula is C21H30N6O3S. The third-order valence-electron chi connectivity index (χ3n) is 6.42. The van der Waals surface area contributed by atoms with Crippen LogP contribution in [0.2, 0.25) is 0 Å². The van der Waals surface area contributed by atoms with Crippen LogP contribution in [0, 0.1) is 13.8 Å². The highest BCUT2D eigenvalue weighted by Gasteiger charge is 2.40. The number of hydrogen-bond acceptors (Lipinski definition) is 6. The fourth-order valence-corrected chi connectivity index (χ4v) is 6.43. The smallest absolute Gasteiger partial charge is 0.254 e. The van der Waals surface area contributed by atoms with E-state index in [9.17, 15) is 13.2 Å². The maximum absolute atomic E-state index is 13.5. The molecule has 1 N–H and O–H groups in total. The van der Waals surface area contributed by atoms with Crippen molar-refractivity contribution in [2.75, 3.05) is 6.54 Å². The summed E-state index contributed by atoms with van der Waals surface area (Å²) in [5.41, 5.74) is 1.44. The van der Waals surface area contributed by atoms with Crippen LogP contribution in [0.25, 0.3) is 0 Å². The molecule has 1 aliphatic carbocycles. The van der Waals surface area contributed by atoms with Gasteiger partial charge in [0.05, 0.1) is 29.2 Å². The second kappa shape index (κ2) is 8.66. The van der Waals surface area contributed by atoms with Gasteiger partial charge in [0.2, 0.25) is 10.0 Å². The predicted molar refractivity (Wildman–Crippen MR) is 115 cm³/mol. The van der Waals surface area contributed by atoms with E-state index in [-0.39, 0.29) is 16.8 Å². The Morgan fingerprint density at radius 3 is 2.52 bits per heavy atom. The molecule has 0 radical (unpaired) electrons. The number of nitrogens with one attached hydrogen (secondary N) is 1. The molecule has 2 aromatic heterocycles. The van der Waals surface area contributed by atoms with Gasteiger partial charge < -0.3 is 5.32 Å². The van der Waals surface area contributed by atoms with Crippen LogP contribution in [-0.4, -0.2) is 51.0 Å². The molecule has 2 aromatic rings. The van der Waals surface area contributed by atoms with E-state index in [0.29, 0.717) is 42.2 Å². The monoisotopic (exact) mass is 446 g/mol. The summed E-state index contributed by atoms with van der Waals surface area (Å²) >= 11 is 0. The number of amides is 1. The zero-order valence-corrected chi connectivity index (χ0v) is 19.2. The second-order valence-corrected chi connectivity index (χ2v) is 10.4.